The number of halogens is 2. The first kappa shape index (κ1) is 27.1. The van der Waals surface area contributed by atoms with Crippen LogP contribution in [0, 0.1) is 23.5 Å². The van der Waals surface area contributed by atoms with E-state index in [2.05, 4.69) is 16.8 Å². The van der Waals surface area contributed by atoms with Crippen LogP contribution >= 0.6 is 0 Å². The van der Waals surface area contributed by atoms with E-state index in [1.807, 2.05) is 36.3 Å². The summed E-state index contributed by atoms with van der Waals surface area (Å²) in [5.74, 6) is 5.45. The Morgan fingerprint density at radius 1 is 1.07 bits per heavy atom. The molecule has 10 heteroatoms. The fraction of sp³-hybridized carbons (Fsp3) is 0.419. The number of amides is 1. The molecule has 8 nitrogen and oxygen atoms in total. The van der Waals surface area contributed by atoms with E-state index in [1.54, 1.807) is 17.2 Å². The predicted molar refractivity (Wildman–Crippen MR) is 151 cm³/mol. The number of nitrogens with zero attached hydrogens (tertiary/aromatic N) is 6. The van der Waals surface area contributed by atoms with Gasteiger partial charge in [-0.15, -0.1) is 0 Å². The molecule has 0 spiro atoms. The maximum Gasteiger partial charge on any atom is 0.283 e. The average molecular weight is 559 g/mol. The molecule has 3 aromatic rings. The summed E-state index contributed by atoms with van der Waals surface area (Å²) < 4.78 is 29.8. The number of aliphatic imine (C=N–C) groups is 1. The number of imidazole rings is 1. The van der Waals surface area contributed by atoms with Crippen LogP contribution in [0.3, 0.4) is 0 Å². The van der Waals surface area contributed by atoms with E-state index in [4.69, 9.17) is 9.98 Å². The molecule has 0 radical (unpaired) electrons. The maximum atomic E-state index is 14.2. The molecule has 2 aromatic heterocycles. The van der Waals surface area contributed by atoms with Crippen LogP contribution in [-0.2, 0) is 6.54 Å². The number of carbonyl (C=O) groups is 1. The van der Waals surface area contributed by atoms with Gasteiger partial charge < -0.3 is 9.67 Å². The first-order valence-corrected chi connectivity index (χ1v) is 14.0. The van der Waals surface area contributed by atoms with E-state index in [0.717, 1.165) is 31.4 Å². The van der Waals surface area contributed by atoms with Gasteiger partial charge in [-0.25, -0.2) is 23.7 Å². The highest BCUT2D eigenvalue weighted by molar-refractivity contribution is 6.18. The van der Waals surface area contributed by atoms with E-state index in [1.165, 1.54) is 6.07 Å². The fourth-order valence-electron chi connectivity index (χ4n) is 5.80. The van der Waals surface area contributed by atoms with Gasteiger partial charge >= 0.3 is 0 Å². The van der Waals surface area contributed by atoms with Gasteiger partial charge in [-0.05, 0) is 82.2 Å². The van der Waals surface area contributed by atoms with Crippen molar-refractivity contribution in [1.29, 1.82) is 0 Å². The molecule has 1 aliphatic carbocycles. The molecule has 0 saturated heterocycles. The van der Waals surface area contributed by atoms with Gasteiger partial charge in [0.05, 0.1) is 18.6 Å². The Morgan fingerprint density at radius 2 is 1.85 bits per heavy atom. The van der Waals surface area contributed by atoms with Gasteiger partial charge in [0.2, 0.25) is 5.96 Å². The fourth-order valence-corrected chi connectivity index (χ4v) is 5.80. The Hall–Kier alpha value is -4.10. The highest BCUT2D eigenvalue weighted by Crippen LogP contribution is 2.38. The lowest BCUT2D eigenvalue weighted by Crippen LogP contribution is -2.51. The van der Waals surface area contributed by atoms with Gasteiger partial charge in [0.15, 0.2) is 17.3 Å². The number of fused-ring (bicyclic) bond motifs is 3. The van der Waals surface area contributed by atoms with Crippen molar-refractivity contribution in [1.82, 2.24) is 19.4 Å². The van der Waals surface area contributed by atoms with Crippen molar-refractivity contribution in [2.45, 2.75) is 70.6 Å². The molecule has 6 rings (SSSR count). The van der Waals surface area contributed by atoms with E-state index >= 15 is 0 Å². The second-order valence-electron chi connectivity index (χ2n) is 11.6. The second-order valence-corrected chi connectivity index (χ2v) is 11.6. The molecule has 1 amide bonds. The van der Waals surface area contributed by atoms with Crippen molar-refractivity contribution in [3.63, 3.8) is 0 Å². The summed E-state index contributed by atoms with van der Waals surface area (Å²) in [5, 5.41) is 10.7. The quantitative estimate of drug-likeness (QED) is 0.467. The van der Waals surface area contributed by atoms with Gasteiger partial charge in [-0.3, -0.25) is 14.6 Å². The molecule has 1 N–H and O–H groups in total. The average Bonchev–Trinajstić information content (AvgIpc) is 3.47. The Morgan fingerprint density at radius 3 is 2.54 bits per heavy atom. The number of benzene rings is 1. The minimum Gasteiger partial charge on any atom is -0.378 e. The summed E-state index contributed by atoms with van der Waals surface area (Å²) in [6, 6.07) is 7.36. The SMILES string of the molecule is CCN1C(=O)c2nc(-c3ccc(C#CC4(O)CCCCC4)nc3)n(Cc3ccc(F)c(F)c3)c2N2CC(C)(C)N=C12. The zero-order chi connectivity index (χ0) is 28.9. The smallest absolute Gasteiger partial charge is 0.283 e. The van der Waals surface area contributed by atoms with E-state index in [9.17, 15) is 18.7 Å². The Labute approximate surface area is 237 Å². The number of carbonyl (C=O) groups excluding carboxylic acids is 1. The predicted octanol–water partition coefficient (Wildman–Crippen LogP) is 4.75. The second kappa shape index (κ2) is 10.1. The number of rotatable bonds is 4. The zero-order valence-electron chi connectivity index (χ0n) is 23.4. The minimum absolute atomic E-state index is 0.146. The zero-order valence-corrected chi connectivity index (χ0v) is 23.4. The monoisotopic (exact) mass is 558 g/mol. The molecule has 2 aliphatic heterocycles. The molecule has 4 heterocycles. The van der Waals surface area contributed by atoms with E-state index < -0.39 is 22.8 Å². The van der Waals surface area contributed by atoms with Gasteiger partial charge in [-0.1, -0.05) is 18.4 Å². The van der Waals surface area contributed by atoms with Crippen molar-refractivity contribution in [3.05, 3.63) is 65.1 Å². The number of hydrogen-bond donors (Lipinski definition) is 1. The summed E-state index contributed by atoms with van der Waals surface area (Å²) in [5.41, 5.74) is 0.517. The summed E-state index contributed by atoms with van der Waals surface area (Å²) in [6.07, 6.45) is 5.97. The lowest BCUT2D eigenvalue weighted by molar-refractivity contribution is 0.0610. The largest absolute Gasteiger partial charge is 0.378 e. The summed E-state index contributed by atoms with van der Waals surface area (Å²) in [4.78, 5) is 31.4. The van der Waals surface area contributed by atoms with Crippen LogP contribution in [0.5, 0.6) is 0 Å². The maximum absolute atomic E-state index is 14.2. The van der Waals surface area contributed by atoms with Crippen molar-refractivity contribution in [2.75, 3.05) is 18.0 Å². The molecule has 3 aliphatic rings. The van der Waals surface area contributed by atoms with Gasteiger partial charge in [0, 0.05) is 18.3 Å². The van der Waals surface area contributed by atoms with Crippen molar-refractivity contribution in [2.24, 2.45) is 4.99 Å². The highest BCUT2D eigenvalue weighted by atomic mass is 19.2. The topological polar surface area (TPSA) is 86.8 Å². The normalized spacial score (nSPS) is 18.9. The Balaban J connectivity index is 1.44. The van der Waals surface area contributed by atoms with Gasteiger partial charge in [0.25, 0.3) is 5.91 Å². The van der Waals surface area contributed by atoms with Gasteiger partial charge in [-0.2, -0.15) is 0 Å². The van der Waals surface area contributed by atoms with Crippen molar-refractivity contribution >= 4 is 17.7 Å². The molecular weight excluding hydrogens is 526 g/mol. The number of anilines is 1. The highest BCUT2D eigenvalue weighted by Gasteiger charge is 2.45. The van der Waals surface area contributed by atoms with Crippen LogP contribution < -0.4 is 4.90 Å². The third kappa shape index (κ3) is 4.99. The molecule has 1 fully saturated rings. The minimum atomic E-state index is -0.980. The van der Waals surface area contributed by atoms with Gasteiger partial charge in [0.1, 0.15) is 22.9 Å². The van der Waals surface area contributed by atoms with Crippen molar-refractivity contribution in [3.8, 4) is 23.2 Å². The Bertz CT molecular complexity index is 1610. The lowest BCUT2D eigenvalue weighted by atomic mass is 9.85. The van der Waals surface area contributed by atoms with E-state index in [-0.39, 0.29) is 18.1 Å². The molecule has 1 saturated carbocycles. The number of pyridine rings is 1. The number of guanidine groups is 1. The number of hydrogen-bond acceptors (Lipinski definition) is 6. The third-order valence-corrected chi connectivity index (χ3v) is 7.84. The summed E-state index contributed by atoms with van der Waals surface area (Å²) in [7, 11) is 0. The standard InChI is InChI=1S/C31H32F2N6O2/c1-4-37-28(40)25-27(39-19-30(2,3)36-29(37)39)38(18-20-8-11-23(32)24(33)16-20)26(35-25)21-9-10-22(34-17-21)12-15-31(41)13-6-5-7-14-31/h8-11,16-17,41H,4-7,13-14,18-19H2,1-3H3. The molecule has 1 aromatic carbocycles. The van der Waals surface area contributed by atoms with Crippen LogP contribution in [0.25, 0.3) is 11.4 Å². The van der Waals surface area contributed by atoms with Crippen molar-refractivity contribution < 1.29 is 18.7 Å². The van der Waals surface area contributed by atoms with Crippen LogP contribution in [0.15, 0.2) is 41.5 Å². The first-order valence-electron chi connectivity index (χ1n) is 14.0. The molecule has 41 heavy (non-hydrogen) atoms. The number of aliphatic hydroxyl groups is 1. The van der Waals surface area contributed by atoms with Crippen LogP contribution in [0.4, 0.5) is 14.6 Å². The Kier molecular flexibility index (Phi) is 6.65. The summed E-state index contributed by atoms with van der Waals surface area (Å²) >= 11 is 0. The molecule has 212 valence electrons. The van der Waals surface area contributed by atoms with Crippen LogP contribution in [-0.4, -0.2) is 60.6 Å². The molecule has 0 bridgehead atoms. The lowest BCUT2D eigenvalue weighted by Gasteiger charge is -2.34. The molecule has 0 unspecified atom stereocenters. The summed E-state index contributed by atoms with van der Waals surface area (Å²) in [6.45, 7) is 6.99. The molecular formula is C31H32F2N6O2. The van der Waals surface area contributed by atoms with E-state index in [0.29, 0.717) is 60.4 Å². The third-order valence-electron chi connectivity index (χ3n) is 7.84. The van der Waals surface area contributed by atoms with Crippen LogP contribution in [0.2, 0.25) is 0 Å². The van der Waals surface area contributed by atoms with Crippen LogP contribution in [0.1, 0.15) is 74.6 Å². The first-order chi connectivity index (χ1) is 19.6. The molecule has 0 atom stereocenters. The number of aromatic nitrogens is 3.